The number of nitrogens with one attached hydrogen (secondary N) is 1. The lowest BCUT2D eigenvalue weighted by molar-refractivity contribution is 0.435. The van der Waals surface area contributed by atoms with Crippen molar-refractivity contribution in [3.05, 3.63) is 0 Å². The van der Waals surface area contributed by atoms with Gasteiger partial charge in [-0.1, -0.05) is 13.8 Å². The summed E-state index contributed by atoms with van der Waals surface area (Å²) in [6.07, 6.45) is 1.84. The summed E-state index contributed by atoms with van der Waals surface area (Å²) in [6.45, 7) is 6.36. The summed E-state index contributed by atoms with van der Waals surface area (Å²) in [4.78, 5) is 0. The second-order valence-electron chi connectivity index (χ2n) is 4.84. The Morgan fingerprint density at radius 3 is 2.75 bits per heavy atom. The van der Waals surface area contributed by atoms with Crippen molar-refractivity contribution in [2.75, 3.05) is 26.2 Å². The van der Waals surface area contributed by atoms with Gasteiger partial charge in [0.25, 0.3) is 10.2 Å². The highest BCUT2D eigenvalue weighted by Crippen LogP contribution is 2.20. The molecule has 1 heterocycles. The summed E-state index contributed by atoms with van der Waals surface area (Å²) in [5, 5.41) is 0. The zero-order valence-electron chi connectivity index (χ0n) is 10.1. The Bertz CT molecular complexity index is 303. The van der Waals surface area contributed by atoms with Crippen molar-refractivity contribution < 1.29 is 8.42 Å². The van der Waals surface area contributed by atoms with Gasteiger partial charge in [-0.05, 0) is 31.2 Å². The van der Waals surface area contributed by atoms with Gasteiger partial charge in [0.05, 0.1) is 0 Å². The van der Waals surface area contributed by atoms with Crippen LogP contribution >= 0.6 is 0 Å². The van der Waals surface area contributed by atoms with Crippen molar-refractivity contribution in [2.24, 2.45) is 17.6 Å². The maximum Gasteiger partial charge on any atom is 0.279 e. The molecule has 1 unspecified atom stereocenters. The van der Waals surface area contributed by atoms with Crippen LogP contribution in [0.1, 0.15) is 26.7 Å². The van der Waals surface area contributed by atoms with E-state index >= 15 is 0 Å². The first kappa shape index (κ1) is 13.9. The predicted molar refractivity (Wildman–Crippen MR) is 65.1 cm³/mol. The molecule has 1 rings (SSSR count). The molecular formula is C10H23N3O2S. The van der Waals surface area contributed by atoms with Crippen molar-refractivity contribution in [1.29, 1.82) is 0 Å². The Morgan fingerprint density at radius 1 is 1.50 bits per heavy atom. The Kier molecular flexibility index (Phi) is 5.17. The van der Waals surface area contributed by atoms with E-state index in [1.54, 1.807) is 0 Å². The van der Waals surface area contributed by atoms with Crippen molar-refractivity contribution in [3.63, 3.8) is 0 Å². The molecule has 0 aliphatic carbocycles. The monoisotopic (exact) mass is 249 g/mol. The second-order valence-corrected chi connectivity index (χ2v) is 6.59. The van der Waals surface area contributed by atoms with Gasteiger partial charge in [-0.15, -0.1) is 0 Å². The molecule has 0 aromatic rings. The van der Waals surface area contributed by atoms with Gasteiger partial charge in [0.1, 0.15) is 0 Å². The van der Waals surface area contributed by atoms with Crippen LogP contribution in [-0.4, -0.2) is 38.9 Å². The first-order chi connectivity index (χ1) is 7.45. The molecule has 1 saturated heterocycles. The van der Waals surface area contributed by atoms with E-state index in [0.717, 1.165) is 12.8 Å². The van der Waals surface area contributed by atoms with Crippen LogP contribution < -0.4 is 10.5 Å². The van der Waals surface area contributed by atoms with E-state index in [-0.39, 0.29) is 0 Å². The third-order valence-corrected chi connectivity index (χ3v) is 4.38. The molecule has 6 heteroatoms. The maximum absolute atomic E-state index is 11.9. The van der Waals surface area contributed by atoms with E-state index in [9.17, 15) is 8.42 Å². The van der Waals surface area contributed by atoms with Crippen LogP contribution in [0.5, 0.6) is 0 Å². The number of nitrogens with zero attached hydrogens (tertiary/aromatic N) is 1. The lowest BCUT2D eigenvalue weighted by Crippen LogP contribution is -2.40. The molecule has 0 radical (unpaired) electrons. The van der Waals surface area contributed by atoms with E-state index in [0.29, 0.717) is 38.0 Å². The number of hydrogen-bond acceptors (Lipinski definition) is 3. The lowest BCUT2D eigenvalue weighted by Gasteiger charge is -2.18. The average molecular weight is 249 g/mol. The third-order valence-electron chi connectivity index (χ3n) is 2.84. The third kappa shape index (κ3) is 4.01. The van der Waals surface area contributed by atoms with Gasteiger partial charge in [-0.2, -0.15) is 12.7 Å². The molecule has 1 aliphatic rings. The van der Waals surface area contributed by atoms with Crippen LogP contribution in [-0.2, 0) is 10.2 Å². The molecule has 1 aliphatic heterocycles. The SMILES string of the molecule is CC(C)CNS(=O)(=O)N1CCC(CCN)C1. The maximum atomic E-state index is 11.9. The highest BCUT2D eigenvalue weighted by Gasteiger charge is 2.30. The Labute approximate surface area is 98.6 Å². The van der Waals surface area contributed by atoms with Crippen molar-refractivity contribution in [2.45, 2.75) is 26.7 Å². The first-order valence-electron chi connectivity index (χ1n) is 5.90. The van der Waals surface area contributed by atoms with E-state index in [2.05, 4.69) is 4.72 Å². The normalized spacial score (nSPS) is 23.1. The molecule has 1 fully saturated rings. The molecule has 0 spiro atoms. The van der Waals surface area contributed by atoms with Crippen molar-refractivity contribution in [1.82, 2.24) is 9.03 Å². The van der Waals surface area contributed by atoms with Gasteiger partial charge in [0.2, 0.25) is 0 Å². The fourth-order valence-corrected chi connectivity index (χ4v) is 3.33. The second kappa shape index (κ2) is 5.95. The molecule has 0 saturated carbocycles. The fraction of sp³-hybridized carbons (Fsp3) is 1.00. The molecule has 0 amide bonds. The number of nitrogens with two attached hydrogens (primary N) is 1. The molecule has 96 valence electrons. The van der Waals surface area contributed by atoms with Gasteiger partial charge in [-0.25, -0.2) is 4.72 Å². The number of rotatable bonds is 6. The summed E-state index contributed by atoms with van der Waals surface area (Å²) in [5.74, 6) is 0.762. The molecule has 3 N–H and O–H groups in total. The van der Waals surface area contributed by atoms with Crippen LogP contribution in [0.3, 0.4) is 0 Å². The van der Waals surface area contributed by atoms with E-state index < -0.39 is 10.2 Å². The topological polar surface area (TPSA) is 75.4 Å². The molecule has 1 atom stereocenters. The average Bonchev–Trinajstić information content (AvgIpc) is 2.65. The van der Waals surface area contributed by atoms with E-state index in [4.69, 9.17) is 5.73 Å². The van der Waals surface area contributed by atoms with Crippen LogP contribution in [0, 0.1) is 11.8 Å². The van der Waals surface area contributed by atoms with Crippen LogP contribution in [0.25, 0.3) is 0 Å². The van der Waals surface area contributed by atoms with Crippen molar-refractivity contribution >= 4 is 10.2 Å². The summed E-state index contributed by atoms with van der Waals surface area (Å²) >= 11 is 0. The van der Waals surface area contributed by atoms with Gasteiger partial charge >= 0.3 is 0 Å². The Hall–Kier alpha value is -0.170. The highest BCUT2D eigenvalue weighted by molar-refractivity contribution is 7.87. The molecule has 0 aromatic heterocycles. The predicted octanol–water partition coefficient (Wildman–Crippen LogP) is 0.148. The zero-order chi connectivity index (χ0) is 12.2. The minimum atomic E-state index is -3.26. The first-order valence-corrected chi connectivity index (χ1v) is 7.34. The quantitative estimate of drug-likeness (QED) is 0.703. The molecular weight excluding hydrogens is 226 g/mol. The smallest absolute Gasteiger partial charge is 0.279 e. The molecule has 0 aromatic carbocycles. The zero-order valence-corrected chi connectivity index (χ0v) is 11.0. The largest absolute Gasteiger partial charge is 0.330 e. The molecule has 16 heavy (non-hydrogen) atoms. The summed E-state index contributed by atoms with van der Waals surface area (Å²) in [7, 11) is -3.26. The van der Waals surface area contributed by atoms with E-state index in [1.165, 1.54) is 4.31 Å². The lowest BCUT2D eigenvalue weighted by atomic mass is 10.1. The van der Waals surface area contributed by atoms with E-state index in [1.807, 2.05) is 13.8 Å². The summed E-state index contributed by atoms with van der Waals surface area (Å²) < 4.78 is 27.9. The van der Waals surface area contributed by atoms with Crippen LogP contribution in [0.15, 0.2) is 0 Å². The summed E-state index contributed by atoms with van der Waals surface area (Å²) in [6, 6.07) is 0. The molecule has 5 nitrogen and oxygen atoms in total. The summed E-state index contributed by atoms with van der Waals surface area (Å²) in [5.41, 5.74) is 5.48. The fourth-order valence-electron chi connectivity index (χ4n) is 1.85. The van der Waals surface area contributed by atoms with Crippen LogP contribution in [0.2, 0.25) is 0 Å². The number of hydrogen-bond donors (Lipinski definition) is 2. The minimum Gasteiger partial charge on any atom is -0.330 e. The van der Waals surface area contributed by atoms with Gasteiger partial charge in [0, 0.05) is 19.6 Å². The minimum absolute atomic E-state index is 0.331. The van der Waals surface area contributed by atoms with Gasteiger partial charge in [-0.3, -0.25) is 0 Å². The highest BCUT2D eigenvalue weighted by atomic mass is 32.2. The molecule has 0 bridgehead atoms. The van der Waals surface area contributed by atoms with Gasteiger partial charge in [0.15, 0.2) is 0 Å². The van der Waals surface area contributed by atoms with Crippen LogP contribution in [0.4, 0.5) is 0 Å². The Balaban J connectivity index is 2.45. The Morgan fingerprint density at radius 2 is 2.19 bits per heavy atom. The standard InChI is InChI=1S/C10H23N3O2S/c1-9(2)7-12-16(14,15)13-6-4-10(8-13)3-5-11/h9-10,12H,3-8,11H2,1-2H3. The van der Waals surface area contributed by atoms with Crippen molar-refractivity contribution in [3.8, 4) is 0 Å². The van der Waals surface area contributed by atoms with Gasteiger partial charge < -0.3 is 5.73 Å².